The van der Waals surface area contributed by atoms with Gasteiger partial charge in [0.2, 0.25) is 0 Å². The molecule has 0 aliphatic heterocycles. The highest BCUT2D eigenvalue weighted by Gasteiger charge is 2.15. The summed E-state index contributed by atoms with van der Waals surface area (Å²) in [5, 5.41) is 34.0. The number of rotatable bonds is 19. The third kappa shape index (κ3) is 28.8. The van der Waals surface area contributed by atoms with Crippen molar-refractivity contribution in [2.45, 2.75) is 91.9 Å². The number of unbranched alkanes of at least 4 members (excludes halogenated alkanes) is 2. The number of hydrogen-bond donors (Lipinski definition) is 4. The first-order valence-corrected chi connectivity index (χ1v) is 12.2. The number of carboxylic acids is 2. The van der Waals surface area contributed by atoms with Crippen molar-refractivity contribution in [3.8, 4) is 0 Å². The molecule has 0 aromatic rings. The molecule has 0 saturated carbocycles. The van der Waals surface area contributed by atoms with Gasteiger partial charge in [0.25, 0.3) is 0 Å². The zero-order valence-electron chi connectivity index (χ0n) is 20.9. The number of hydrogen-bond acceptors (Lipinski definition) is 6. The number of carboxylic acid groups (broad SMARTS) is 2. The van der Waals surface area contributed by atoms with Crippen molar-refractivity contribution in [3.63, 3.8) is 0 Å². The zero-order valence-corrected chi connectivity index (χ0v) is 20.9. The van der Waals surface area contributed by atoms with Gasteiger partial charge in [-0.3, -0.25) is 9.59 Å². The van der Waals surface area contributed by atoms with Crippen LogP contribution in [0.3, 0.4) is 0 Å². The van der Waals surface area contributed by atoms with E-state index in [2.05, 4.69) is 13.8 Å². The standard InChI is InChI=1S/2C9H18O2.C6H14O4/c2*1-3-5-7-8(6-4-2)9(10)11;7-1-3-9-5-6-10-4-2-8/h2*8H,3-7H2,1-2H3,(H,10,11);7-8H,1-6H2. The molecule has 0 aliphatic rings. The van der Waals surface area contributed by atoms with Gasteiger partial charge in [0.1, 0.15) is 0 Å². The van der Waals surface area contributed by atoms with Gasteiger partial charge in [0, 0.05) is 0 Å². The minimum Gasteiger partial charge on any atom is -0.481 e. The molecule has 0 aromatic carbocycles. The lowest BCUT2D eigenvalue weighted by molar-refractivity contribution is -0.143. The molecule has 0 rings (SSSR count). The quantitative estimate of drug-likeness (QED) is 0.206. The van der Waals surface area contributed by atoms with E-state index in [0.29, 0.717) is 26.4 Å². The SMILES string of the molecule is CCCCC(CCC)C(=O)O.CCCCC(CCC)C(=O)O.OCCOCCOCCO. The summed E-state index contributed by atoms with van der Waals surface area (Å²) in [6, 6.07) is 0. The van der Waals surface area contributed by atoms with Gasteiger partial charge < -0.3 is 29.9 Å². The first kappa shape index (κ1) is 35.4. The highest BCUT2D eigenvalue weighted by Crippen LogP contribution is 2.15. The minimum atomic E-state index is -0.625. The fraction of sp³-hybridized carbons (Fsp3) is 0.917. The third-order valence-electron chi connectivity index (χ3n) is 4.63. The molecule has 0 amide bonds. The van der Waals surface area contributed by atoms with Gasteiger partial charge in [0.05, 0.1) is 51.5 Å². The predicted molar refractivity (Wildman–Crippen MR) is 127 cm³/mol. The lowest BCUT2D eigenvalue weighted by Crippen LogP contribution is -2.12. The van der Waals surface area contributed by atoms with E-state index in [1.54, 1.807) is 0 Å². The Hall–Kier alpha value is -1.22. The van der Waals surface area contributed by atoms with Crippen LogP contribution in [-0.4, -0.2) is 72.0 Å². The van der Waals surface area contributed by atoms with Crippen LogP contribution in [0.25, 0.3) is 0 Å². The summed E-state index contributed by atoms with van der Waals surface area (Å²) in [6.45, 7) is 9.96. The van der Waals surface area contributed by atoms with Crippen LogP contribution in [0.1, 0.15) is 91.9 Å². The number of aliphatic hydroxyl groups is 2. The van der Waals surface area contributed by atoms with Crippen LogP contribution in [0, 0.1) is 11.8 Å². The molecule has 8 heteroatoms. The maximum absolute atomic E-state index is 10.6. The van der Waals surface area contributed by atoms with Gasteiger partial charge in [0.15, 0.2) is 0 Å². The first-order valence-electron chi connectivity index (χ1n) is 12.2. The van der Waals surface area contributed by atoms with Gasteiger partial charge >= 0.3 is 11.9 Å². The Morgan fingerprint density at radius 2 is 0.938 bits per heavy atom. The lowest BCUT2D eigenvalue weighted by Gasteiger charge is -2.08. The van der Waals surface area contributed by atoms with E-state index >= 15 is 0 Å². The van der Waals surface area contributed by atoms with E-state index in [9.17, 15) is 9.59 Å². The van der Waals surface area contributed by atoms with Crippen molar-refractivity contribution < 1.29 is 39.5 Å². The van der Waals surface area contributed by atoms with Crippen molar-refractivity contribution in [1.29, 1.82) is 0 Å². The molecular formula is C24H50O8. The molecular weight excluding hydrogens is 416 g/mol. The van der Waals surface area contributed by atoms with Crippen LogP contribution in [0.15, 0.2) is 0 Å². The van der Waals surface area contributed by atoms with Crippen molar-refractivity contribution in [2.24, 2.45) is 11.8 Å². The van der Waals surface area contributed by atoms with Crippen LogP contribution in [0.4, 0.5) is 0 Å². The molecule has 2 atom stereocenters. The van der Waals surface area contributed by atoms with Crippen molar-refractivity contribution in [3.05, 3.63) is 0 Å². The molecule has 0 heterocycles. The summed E-state index contributed by atoms with van der Waals surface area (Å²) in [4.78, 5) is 21.2. The second kappa shape index (κ2) is 29.8. The van der Waals surface area contributed by atoms with Crippen LogP contribution in [0.5, 0.6) is 0 Å². The predicted octanol–water partition coefficient (Wildman–Crippen LogP) is 4.36. The molecule has 194 valence electrons. The Kier molecular flexibility index (Phi) is 32.9. The summed E-state index contributed by atoms with van der Waals surface area (Å²) >= 11 is 0. The van der Waals surface area contributed by atoms with E-state index in [1.807, 2.05) is 13.8 Å². The number of aliphatic carboxylic acids is 2. The topological polar surface area (TPSA) is 134 Å². The van der Waals surface area contributed by atoms with Gasteiger partial charge in [-0.15, -0.1) is 0 Å². The fourth-order valence-electron chi connectivity index (χ4n) is 2.83. The summed E-state index contributed by atoms with van der Waals surface area (Å²) in [5.41, 5.74) is 0. The van der Waals surface area contributed by atoms with Crippen LogP contribution in [0.2, 0.25) is 0 Å². The second-order valence-electron chi connectivity index (χ2n) is 7.60. The van der Waals surface area contributed by atoms with E-state index in [0.717, 1.165) is 64.2 Å². The summed E-state index contributed by atoms with van der Waals surface area (Å²) in [5.74, 6) is -1.44. The van der Waals surface area contributed by atoms with Crippen molar-refractivity contribution >= 4 is 11.9 Å². The summed E-state index contributed by atoms with van der Waals surface area (Å²) in [6.07, 6.45) is 9.56. The van der Waals surface area contributed by atoms with E-state index < -0.39 is 11.9 Å². The highest BCUT2D eigenvalue weighted by molar-refractivity contribution is 5.70. The smallest absolute Gasteiger partial charge is 0.306 e. The number of ether oxygens (including phenoxy) is 2. The van der Waals surface area contributed by atoms with E-state index in [4.69, 9.17) is 29.9 Å². The third-order valence-corrected chi connectivity index (χ3v) is 4.63. The first-order chi connectivity index (χ1) is 15.4. The molecule has 0 bridgehead atoms. The van der Waals surface area contributed by atoms with Crippen molar-refractivity contribution in [1.82, 2.24) is 0 Å². The summed E-state index contributed by atoms with van der Waals surface area (Å²) < 4.78 is 9.75. The maximum Gasteiger partial charge on any atom is 0.306 e. The Morgan fingerprint density at radius 1 is 0.594 bits per heavy atom. The Labute approximate surface area is 195 Å². The van der Waals surface area contributed by atoms with Crippen molar-refractivity contribution in [2.75, 3.05) is 39.6 Å². The molecule has 4 N–H and O–H groups in total. The van der Waals surface area contributed by atoms with Gasteiger partial charge in [-0.05, 0) is 25.7 Å². The maximum atomic E-state index is 10.6. The molecule has 32 heavy (non-hydrogen) atoms. The van der Waals surface area contributed by atoms with Gasteiger partial charge in [-0.25, -0.2) is 0 Å². The molecule has 8 nitrogen and oxygen atoms in total. The number of carbonyl (C=O) groups is 2. The Balaban J connectivity index is -0.000000395. The lowest BCUT2D eigenvalue weighted by atomic mass is 9.97. The highest BCUT2D eigenvalue weighted by atomic mass is 16.5. The zero-order chi connectivity index (χ0) is 25.0. The molecule has 2 unspecified atom stereocenters. The van der Waals surface area contributed by atoms with Crippen LogP contribution >= 0.6 is 0 Å². The minimum absolute atomic E-state index is 0.0417. The fourth-order valence-corrected chi connectivity index (χ4v) is 2.83. The monoisotopic (exact) mass is 466 g/mol. The van der Waals surface area contributed by atoms with E-state index in [-0.39, 0.29) is 25.0 Å². The average molecular weight is 467 g/mol. The average Bonchev–Trinajstić information content (AvgIpc) is 2.77. The summed E-state index contributed by atoms with van der Waals surface area (Å²) in [7, 11) is 0. The Bertz CT molecular complexity index is 354. The molecule has 0 spiro atoms. The second-order valence-corrected chi connectivity index (χ2v) is 7.60. The molecule has 0 saturated heterocycles. The van der Waals surface area contributed by atoms with Crippen LogP contribution in [-0.2, 0) is 19.1 Å². The molecule has 0 aliphatic carbocycles. The van der Waals surface area contributed by atoms with Gasteiger partial charge in [-0.2, -0.15) is 0 Å². The van der Waals surface area contributed by atoms with E-state index in [1.165, 1.54) is 0 Å². The largest absolute Gasteiger partial charge is 0.481 e. The molecule has 0 aromatic heterocycles. The number of aliphatic hydroxyl groups excluding tert-OH is 2. The molecule has 0 fully saturated rings. The normalized spacial score (nSPS) is 12.1. The van der Waals surface area contributed by atoms with Gasteiger partial charge in [-0.1, -0.05) is 66.2 Å². The molecule has 0 radical (unpaired) electrons. The van der Waals surface area contributed by atoms with Crippen LogP contribution < -0.4 is 0 Å². The Morgan fingerprint density at radius 3 is 1.16 bits per heavy atom.